The molecular weight excluding hydrogens is 304 g/mol. The molecule has 0 aliphatic carbocycles. The highest BCUT2D eigenvalue weighted by molar-refractivity contribution is 5.90. The van der Waals surface area contributed by atoms with Gasteiger partial charge in [0.1, 0.15) is 0 Å². The number of tetrazole rings is 1. The number of unbranched alkanes of at least 4 members (excludes halogenated alkanes) is 1. The standard InChI is InChI=1S/C17H22N6O/c1-3-4-8-15-10-6-11-22(15)17(24)18-14-7-5-9-16(12-14)23-13(2)19-20-21-23/h5-7,9-10,12,15H,3-4,8,11H2,1-2H3,(H,18,24). The van der Waals surface area contributed by atoms with Gasteiger partial charge in [0.25, 0.3) is 0 Å². The summed E-state index contributed by atoms with van der Waals surface area (Å²) in [4.78, 5) is 14.4. The third kappa shape index (κ3) is 3.45. The van der Waals surface area contributed by atoms with Crippen LogP contribution >= 0.6 is 0 Å². The Labute approximate surface area is 141 Å². The van der Waals surface area contributed by atoms with Gasteiger partial charge >= 0.3 is 6.03 Å². The van der Waals surface area contributed by atoms with Gasteiger partial charge in [0.05, 0.1) is 11.7 Å². The van der Waals surface area contributed by atoms with E-state index in [0.717, 1.165) is 30.6 Å². The number of hydrogen-bond acceptors (Lipinski definition) is 4. The summed E-state index contributed by atoms with van der Waals surface area (Å²) >= 11 is 0. The second kappa shape index (κ2) is 7.25. The van der Waals surface area contributed by atoms with Crippen LogP contribution in [0.3, 0.4) is 0 Å². The number of nitrogens with zero attached hydrogens (tertiary/aromatic N) is 5. The van der Waals surface area contributed by atoms with E-state index in [9.17, 15) is 4.79 Å². The van der Waals surface area contributed by atoms with Crippen LogP contribution in [0.5, 0.6) is 0 Å². The summed E-state index contributed by atoms with van der Waals surface area (Å²) in [5.41, 5.74) is 1.55. The highest BCUT2D eigenvalue weighted by atomic mass is 16.2. The summed E-state index contributed by atoms with van der Waals surface area (Å²) in [7, 11) is 0. The number of aromatic nitrogens is 4. The molecule has 1 aliphatic rings. The Hall–Kier alpha value is -2.70. The van der Waals surface area contributed by atoms with E-state index in [0.29, 0.717) is 12.4 Å². The number of anilines is 1. The zero-order valence-electron chi connectivity index (χ0n) is 14.0. The number of carbonyl (C=O) groups is 1. The van der Waals surface area contributed by atoms with Gasteiger partial charge in [-0.25, -0.2) is 4.79 Å². The SMILES string of the molecule is CCCCC1C=CCN1C(=O)Nc1cccc(-n2nnnc2C)c1. The molecule has 1 atom stereocenters. The average molecular weight is 326 g/mol. The van der Waals surface area contributed by atoms with Crippen molar-refractivity contribution in [2.45, 2.75) is 39.2 Å². The van der Waals surface area contributed by atoms with Gasteiger partial charge in [-0.15, -0.1) is 5.10 Å². The number of urea groups is 1. The van der Waals surface area contributed by atoms with Crippen molar-refractivity contribution in [3.8, 4) is 5.69 Å². The van der Waals surface area contributed by atoms with Crippen molar-refractivity contribution in [1.82, 2.24) is 25.1 Å². The molecule has 1 aromatic heterocycles. The number of carbonyl (C=O) groups excluding carboxylic acids is 1. The van der Waals surface area contributed by atoms with E-state index in [1.54, 1.807) is 4.68 Å². The predicted molar refractivity (Wildman–Crippen MR) is 92.1 cm³/mol. The van der Waals surface area contributed by atoms with Crippen molar-refractivity contribution in [3.63, 3.8) is 0 Å². The van der Waals surface area contributed by atoms with Gasteiger partial charge in [-0.1, -0.05) is 38.0 Å². The minimum absolute atomic E-state index is 0.0771. The van der Waals surface area contributed by atoms with Crippen LogP contribution < -0.4 is 5.32 Å². The van der Waals surface area contributed by atoms with Gasteiger partial charge in [-0.3, -0.25) is 0 Å². The molecule has 0 fully saturated rings. The largest absolute Gasteiger partial charge is 0.322 e. The van der Waals surface area contributed by atoms with E-state index in [1.807, 2.05) is 36.1 Å². The number of amides is 2. The topological polar surface area (TPSA) is 75.9 Å². The zero-order chi connectivity index (χ0) is 16.9. The van der Waals surface area contributed by atoms with Crippen LogP contribution in [0.4, 0.5) is 10.5 Å². The molecule has 7 heteroatoms. The molecule has 0 saturated carbocycles. The molecule has 0 spiro atoms. The third-order valence-electron chi connectivity index (χ3n) is 4.14. The van der Waals surface area contributed by atoms with E-state index in [4.69, 9.17) is 0 Å². The molecule has 1 aromatic carbocycles. The number of benzene rings is 1. The van der Waals surface area contributed by atoms with Crippen LogP contribution in [-0.2, 0) is 0 Å². The van der Waals surface area contributed by atoms with Gasteiger partial charge in [-0.05, 0) is 42.0 Å². The molecule has 24 heavy (non-hydrogen) atoms. The molecule has 0 saturated heterocycles. The molecule has 0 bridgehead atoms. The predicted octanol–water partition coefficient (Wildman–Crippen LogP) is 2.93. The molecule has 1 unspecified atom stereocenters. The number of rotatable bonds is 5. The van der Waals surface area contributed by atoms with E-state index in [2.05, 4.69) is 39.9 Å². The Kier molecular flexibility index (Phi) is 4.88. The maximum Gasteiger partial charge on any atom is 0.322 e. The maximum atomic E-state index is 12.6. The first-order valence-electron chi connectivity index (χ1n) is 8.28. The third-order valence-corrected chi connectivity index (χ3v) is 4.14. The first-order chi connectivity index (χ1) is 11.7. The van der Waals surface area contributed by atoms with Crippen molar-refractivity contribution >= 4 is 11.7 Å². The lowest BCUT2D eigenvalue weighted by Gasteiger charge is -2.25. The lowest BCUT2D eigenvalue weighted by atomic mass is 10.1. The zero-order valence-corrected chi connectivity index (χ0v) is 14.0. The van der Waals surface area contributed by atoms with Crippen LogP contribution in [0, 0.1) is 6.92 Å². The summed E-state index contributed by atoms with van der Waals surface area (Å²) in [6.07, 6.45) is 7.43. The molecule has 0 radical (unpaired) electrons. The molecule has 126 valence electrons. The Morgan fingerprint density at radius 2 is 2.29 bits per heavy atom. The van der Waals surface area contributed by atoms with E-state index < -0.39 is 0 Å². The summed E-state index contributed by atoms with van der Waals surface area (Å²) in [5.74, 6) is 0.696. The molecule has 2 aromatic rings. The van der Waals surface area contributed by atoms with Crippen LogP contribution in [0.1, 0.15) is 32.0 Å². The molecular formula is C17H22N6O. The fourth-order valence-electron chi connectivity index (χ4n) is 2.85. The first kappa shape index (κ1) is 16.2. The smallest absolute Gasteiger partial charge is 0.314 e. The lowest BCUT2D eigenvalue weighted by Crippen LogP contribution is -2.39. The van der Waals surface area contributed by atoms with E-state index in [-0.39, 0.29) is 12.1 Å². The van der Waals surface area contributed by atoms with Crippen molar-refractivity contribution in [3.05, 3.63) is 42.2 Å². The quantitative estimate of drug-likeness (QED) is 0.857. The summed E-state index contributed by atoms with van der Waals surface area (Å²) < 4.78 is 1.64. The molecule has 2 heterocycles. The van der Waals surface area contributed by atoms with Crippen LogP contribution in [0.2, 0.25) is 0 Å². The average Bonchev–Trinajstić information content (AvgIpc) is 3.21. The van der Waals surface area contributed by atoms with Gasteiger partial charge < -0.3 is 10.2 Å². The Morgan fingerprint density at radius 3 is 3.04 bits per heavy atom. The van der Waals surface area contributed by atoms with E-state index >= 15 is 0 Å². The van der Waals surface area contributed by atoms with Crippen molar-refractivity contribution in [2.75, 3.05) is 11.9 Å². The molecule has 1 N–H and O–H groups in total. The molecule has 2 amide bonds. The van der Waals surface area contributed by atoms with Gasteiger partial charge in [0.2, 0.25) is 0 Å². The monoisotopic (exact) mass is 326 g/mol. The highest BCUT2D eigenvalue weighted by Gasteiger charge is 2.24. The normalized spacial score (nSPS) is 16.6. The molecule has 7 nitrogen and oxygen atoms in total. The fourth-order valence-corrected chi connectivity index (χ4v) is 2.85. The minimum Gasteiger partial charge on any atom is -0.314 e. The number of nitrogens with one attached hydrogen (secondary N) is 1. The van der Waals surface area contributed by atoms with Crippen LogP contribution in [0.15, 0.2) is 36.4 Å². The van der Waals surface area contributed by atoms with Crippen LogP contribution in [-0.4, -0.2) is 43.7 Å². The van der Waals surface area contributed by atoms with Crippen molar-refractivity contribution in [2.24, 2.45) is 0 Å². The summed E-state index contributed by atoms with van der Waals surface area (Å²) in [6, 6.07) is 7.63. The summed E-state index contributed by atoms with van der Waals surface area (Å²) in [6.45, 7) is 4.65. The Morgan fingerprint density at radius 1 is 1.42 bits per heavy atom. The number of aryl methyl sites for hydroxylation is 1. The second-order valence-electron chi connectivity index (χ2n) is 5.91. The first-order valence-corrected chi connectivity index (χ1v) is 8.28. The van der Waals surface area contributed by atoms with Crippen molar-refractivity contribution in [1.29, 1.82) is 0 Å². The Bertz CT molecular complexity index is 738. The van der Waals surface area contributed by atoms with Crippen molar-refractivity contribution < 1.29 is 4.79 Å². The Balaban J connectivity index is 1.70. The van der Waals surface area contributed by atoms with Gasteiger partial charge in [0.15, 0.2) is 5.82 Å². The van der Waals surface area contributed by atoms with E-state index in [1.165, 1.54) is 0 Å². The molecule has 3 rings (SSSR count). The minimum atomic E-state index is -0.0771. The molecule has 1 aliphatic heterocycles. The number of hydrogen-bond donors (Lipinski definition) is 1. The highest BCUT2D eigenvalue weighted by Crippen LogP contribution is 2.19. The van der Waals surface area contributed by atoms with Gasteiger partial charge in [0, 0.05) is 12.2 Å². The summed E-state index contributed by atoms with van der Waals surface area (Å²) in [5, 5.41) is 14.5. The van der Waals surface area contributed by atoms with Gasteiger partial charge in [-0.2, -0.15) is 4.68 Å². The maximum absolute atomic E-state index is 12.6. The lowest BCUT2D eigenvalue weighted by molar-refractivity contribution is 0.208. The van der Waals surface area contributed by atoms with Crippen LogP contribution in [0.25, 0.3) is 5.69 Å². The second-order valence-corrected chi connectivity index (χ2v) is 5.91. The fraction of sp³-hybridized carbons (Fsp3) is 0.412.